The molecule has 0 atom stereocenters. The van der Waals surface area contributed by atoms with E-state index in [-0.39, 0.29) is 15.6 Å². The second-order valence-electron chi connectivity index (χ2n) is 7.20. The van der Waals surface area contributed by atoms with Crippen molar-refractivity contribution in [2.45, 2.75) is 25.3 Å². The van der Waals surface area contributed by atoms with Gasteiger partial charge in [0.2, 0.25) is 0 Å². The summed E-state index contributed by atoms with van der Waals surface area (Å²) in [6.45, 7) is 4.05. The van der Waals surface area contributed by atoms with Crippen LogP contribution in [0.2, 0.25) is 0 Å². The van der Waals surface area contributed by atoms with Crippen molar-refractivity contribution in [2.75, 3.05) is 4.72 Å². The third-order valence-electron chi connectivity index (χ3n) is 4.60. The summed E-state index contributed by atoms with van der Waals surface area (Å²) >= 11 is 5.17. The van der Waals surface area contributed by atoms with Crippen LogP contribution in [0.25, 0.3) is 0 Å². The summed E-state index contributed by atoms with van der Waals surface area (Å²) in [5.41, 5.74) is 8.23. The highest BCUT2D eigenvalue weighted by atomic mass is 32.2. The molecule has 7 nitrogen and oxygen atoms in total. The molecule has 0 spiro atoms. The lowest BCUT2D eigenvalue weighted by Gasteiger charge is -2.14. The van der Waals surface area contributed by atoms with Crippen LogP contribution in [-0.2, 0) is 16.6 Å². The van der Waals surface area contributed by atoms with Crippen LogP contribution < -0.4 is 20.9 Å². The van der Waals surface area contributed by atoms with Crippen LogP contribution in [0.15, 0.2) is 77.7 Å². The van der Waals surface area contributed by atoms with Gasteiger partial charge >= 0.3 is 0 Å². The molecule has 4 N–H and O–H groups in total. The smallest absolute Gasteiger partial charge is 0.269 e. The van der Waals surface area contributed by atoms with Gasteiger partial charge in [-0.15, -0.1) is 0 Å². The third kappa shape index (κ3) is 6.29. The quantitative estimate of drug-likeness (QED) is 0.327. The Hall–Kier alpha value is -3.43. The molecule has 9 heteroatoms. The third-order valence-corrected chi connectivity index (χ3v) is 6.37. The highest BCUT2D eigenvalue weighted by Gasteiger charge is 2.19. The Balaban J connectivity index is 1.65. The molecule has 0 aliphatic heterocycles. The van der Waals surface area contributed by atoms with Gasteiger partial charge in [-0.2, -0.15) is 0 Å². The first-order chi connectivity index (χ1) is 15.2. The molecule has 166 valence electrons. The summed E-state index contributed by atoms with van der Waals surface area (Å²) in [7, 11) is -3.88. The maximum Gasteiger partial charge on any atom is 0.269 e. The van der Waals surface area contributed by atoms with Crippen LogP contribution in [-0.4, -0.2) is 19.4 Å². The maximum absolute atomic E-state index is 12.9. The number of sulfonamides is 1. The van der Waals surface area contributed by atoms with Gasteiger partial charge in [0.25, 0.3) is 15.9 Å². The lowest BCUT2D eigenvalue weighted by molar-refractivity contribution is 0.0943. The number of hydrogen-bond donors (Lipinski definition) is 4. The zero-order chi connectivity index (χ0) is 23.1. The molecule has 0 radical (unpaired) electrons. The first-order valence-electron chi connectivity index (χ1n) is 9.83. The predicted octanol–water partition coefficient (Wildman–Crippen LogP) is 3.41. The van der Waals surface area contributed by atoms with Crippen molar-refractivity contribution in [3.8, 4) is 0 Å². The van der Waals surface area contributed by atoms with Crippen molar-refractivity contribution >= 4 is 38.9 Å². The fraction of sp³-hybridized carbons (Fsp3) is 0.130. The minimum Gasteiger partial charge on any atom is -0.357 e. The highest BCUT2D eigenvalue weighted by molar-refractivity contribution is 7.92. The summed E-state index contributed by atoms with van der Waals surface area (Å²) in [6.07, 6.45) is 0. The first-order valence-corrected chi connectivity index (χ1v) is 11.7. The SMILES string of the molecule is Cc1cccc(NS(=O)(=O)c2cc(C(=O)NNC(=S)NCc3ccccc3)ccc2C)c1. The van der Waals surface area contributed by atoms with Gasteiger partial charge in [0.1, 0.15) is 0 Å². The Morgan fingerprint density at radius 2 is 1.66 bits per heavy atom. The van der Waals surface area contributed by atoms with Crippen LogP contribution >= 0.6 is 12.2 Å². The minimum absolute atomic E-state index is 0.0245. The number of carbonyl (C=O) groups excluding carboxylic acids is 1. The number of carbonyl (C=O) groups is 1. The van der Waals surface area contributed by atoms with Crippen LogP contribution in [0.4, 0.5) is 5.69 Å². The predicted molar refractivity (Wildman–Crippen MR) is 130 cm³/mol. The Morgan fingerprint density at radius 3 is 2.38 bits per heavy atom. The Labute approximate surface area is 193 Å². The molecule has 0 saturated carbocycles. The average Bonchev–Trinajstić information content (AvgIpc) is 2.76. The second-order valence-corrected chi connectivity index (χ2v) is 9.26. The monoisotopic (exact) mass is 468 g/mol. The zero-order valence-corrected chi connectivity index (χ0v) is 19.3. The summed E-state index contributed by atoms with van der Waals surface area (Å²) in [5, 5.41) is 3.22. The zero-order valence-electron chi connectivity index (χ0n) is 17.7. The Kier molecular flexibility index (Phi) is 7.45. The molecule has 0 fully saturated rings. The maximum atomic E-state index is 12.9. The highest BCUT2D eigenvalue weighted by Crippen LogP contribution is 2.21. The number of hydrazine groups is 1. The molecule has 32 heavy (non-hydrogen) atoms. The number of anilines is 1. The van der Waals surface area contributed by atoms with Gasteiger partial charge in [0.05, 0.1) is 4.90 Å². The standard InChI is InChI=1S/C23H24N4O3S2/c1-16-7-6-10-20(13-16)27-32(29,30)21-14-19(12-11-17(21)2)22(28)25-26-23(31)24-15-18-8-4-3-5-9-18/h3-14,27H,15H2,1-2H3,(H,25,28)(H2,24,26,31). The lowest BCUT2D eigenvalue weighted by atomic mass is 10.1. The fourth-order valence-electron chi connectivity index (χ4n) is 2.96. The molecule has 0 aromatic heterocycles. The van der Waals surface area contributed by atoms with E-state index in [9.17, 15) is 13.2 Å². The topological polar surface area (TPSA) is 99.3 Å². The van der Waals surface area contributed by atoms with Gasteiger partial charge in [0.15, 0.2) is 5.11 Å². The first kappa shape index (κ1) is 23.2. The van der Waals surface area contributed by atoms with E-state index in [4.69, 9.17) is 12.2 Å². The van der Waals surface area contributed by atoms with Crippen molar-refractivity contribution < 1.29 is 13.2 Å². The largest absolute Gasteiger partial charge is 0.357 e. The molecular formula is C23H24N4O3S2. The van der Waals surface area contributed by atoms with Gasteiger partial charge < -0.3 is 5.32 Å². The molecule has 0 aliphatic carbocycles. The van der Waals surface area contributed by atoms with Crippen LogP contribution in [0, 0.1) is 13.8 Å². The van der Waals surface area contributed by atoms with Crippen molar-refractivity contribution in [1.82, 2.24) is 16.2 Å². The molecular weight excluding hydrogens is 444 g/mol. The van der Waals surface area contributed by atoms with Gasteiger partial charge in [0, 0.05) is 17.8 Å². The Bertz CT molecular complexity index is 1230. The molecule has 3 rings (SSSR count). The number of aryl methyl sites for hydroxylation is 2. The summed E-state index contributed by atoms with van der Waals surface area (Å²) < 4.78 is 28.4. The van der Waals surface area contributed by atoms with Crippen molar-refractivity contribution in [3.63, 3.8) is 0 Å². The van der Waals surface area contributed by atoms with Gasteiger partial charge in [-0.3, -0.25) is 20.4 Å². The number of hydrogen-bond acceptors (Lipinski definition) is 4. The molecule has 0 saturated heterocycles. The number of amides is 1. The van der Waals surface area contributed by atoms with E-state index in [1.807, 2.05) is 43.3 Å². The van der Waals surface area contributed by atoms with Crippen molar-refractivity contribution in [1.29, 1.82) is 0 Å². The molecule has 3 aromatic rings. The van der Waals surface area contributed by atoms with E-state index in [0.29, 0.717) is 17.8 Å². The molecule has 0 heterocycles. The van der Waals surface area contributed by atoms with Gasteiger partial charge in [-0.25, -0.2) is 8.42 Å². The molecule has 0 unspecified atom stereocenters. The summed E-state index contributed by atoms with van der Waals surface area (Å²) in [5.74, 6) is -0.513. The normalized spacial score (nSPS) is 10.8. The van der Waals surface area contributed by atoms with E-state index in [1.54, 1.807) is 37.3 Å². The van der Waals surface area contributed by atoms with Crippen LogP contribution in [0.1, 0.15) is 27.0 Å². The van der Waals surface area contributed by atoms with Crippen molar-refractivity contribution in [3.05, 3.63) is 95.1 Å². The van der Waals surface area contributed by atoms with Crippen LogP contribution in [0.5, 0.6) is 0 Å². The molecule has 0 bridgehead atoms. The summed E-state index contributed by atoms with van der Waals surface area (Å²) in [4.78, 5) is 12.6. The van der Waals surface area contributed by atoms with Gasteiger partial charge in [-0.1, -0.05) is 48.5 Å². The Morgan fingerprint density at radius 1 is 0.906 bits per heavy atom. The number of benzene rings is 3. The van der Waals surface area contributed by atoms with E-state index in [1.165, 1.54) is 6.07 Å². The summed E-state index contributed by atoms with van der Waals surface area (Å²) in [6, 6.07) is 21.2. The van der Waals surface area contributed by atoms with Crippen LogP contribution in [0.3, 0.4) is 0 Å². The average molecular weight is 469 g/mol. The number of rotatable bonds is 6. The lowest BCUT2D eigenvalue weighted by Crippen LogP contribution is -2.46. The van der Waals surface area contributed by atoms with E-state index in [0.717, 1.165) is 11.1 Å². The van der Waals surface area contributed by atoms with E-state index >= 15 is 0 Å². The fourth-order valence-corrected chi connectivity index (χ4v) is 4.40. The number of nitrogens with one attached hydrogen (secondary N) is 4. The second kappa shape index (κ2) is 10.3. The molecule has 3 aromatic carbocycles. The van der Waals surface area contributed by atoms with Gasteiger partial charge in [-0.05, 0) is 67.0 Å². The molecule has 1 amide bonds. The van der Waals surface area contributed by atoms with Crippen molar-refractivity contribution in [2.24, 2.45) is 0 Å². The minimum atomic E-state index is -3.88. The number of thiocarbonyl (C=S) groups is 1. The van der Waals surface area contributed by atoms with E-state index < -0.39 is 15.9 Å². The van der Waals surface area contributed by atoms with E-state index in [2.05, 4.69) is 20.9 Å². The molecule has 0 aliphatic rings.